The zero-order valence-electron chi connectivity index (χ0n) is 17.2. The lowest BCUT2D eigenvalue weighted by molar-refractivity contribution is -0.121. The molecular weight excluding hydrogens is 396 g/mol. The van der Waals surface area contributed by atoms with Gasteiger partial charge in [0.15, 0.2) is 0 Å². The zero-order valence-corrected chi connectivity index (χ0v) is 17.2. The third kappa shape index (κ3) is 5.84. The monoisotopic (exact) mass is 420 g/mol. The van der Waals surface area contributed by atoms with E-state index in [-0.39, 0.29) is 18.0 Å². The highest BCUT2D eigenvalue weighted by molar-refractivity contribution is 5.75. The maximum atomic E-state index is 12.1. The summed E-state index contributed by atoms with van der Waals surface area (Å²) >= 11 is 0. The van der Waals surface area contributed by atoms with E-state index in [0.29, 0.717) is 36.5 Å². The van der Waals surface area contributed by atoms with Crippen LogP contribution in [0.25, 0.3) is 0 Å². The molecule has 10 heteroatoms. The van der Waals surface area contributed by atoms with Gasteiger partial charge in [-0.2, -0.15) is 0 Å². The van der Waals surface area contributed by atoms with Crippen molar-refractivity contribution in [2.75, 3.05) is 23.7 Å². The van der Waals surface area contributed by atoms with Gasteiger partial charge in [-0.3, -0.25) is 14.2 Å². The van der Waals surface area contributed by atoms with E-state index in [9.17, 15) is 9.59 Å². The number of amides is 1. The molecule has 1 fully saturated rings. The second kappa shape index (κ2) is 9.33. The first-order chi connectivity index (χ1) is 15.1. The van der Waals surface area contributed by atoms with Crippen molar-refractivity contribution >= 4 is 23.4 Å². The molecule has 31 heavy (non-hydrogen) atoms. The molecule has 160 valence electrons. The van der Waals surface area contributed by atoms with Crippen LogP contribution in [0.1, 0.15) is 30.0 Å². The first kappa shape index (κ1) is 20.5. The van der Waals surface area contributed by atoms with Crippen molar-refractivity contribution < 1.29 is 4.79 Å². The van der Waals surface area contributed by atoms with Gasteiger partial charge in [0.05, 0.1) is 12.0 Å². The lowest BCUT2D eigenvalue weighted by Crippen LogP contribution is -2.34. The van der Waals surface area contributed by atoms with Crippen LogP contribution in [0.5, 0.6) is 0 Å². The average molecular weight is 420 g/mol. The van der Waals surface area contributed by atoms with Crippen molar-refractivity contribution in [2.24, 2.45) is 0 Å². The third-order valence-corrected chi connectivity index (χ3v) is 4.80. The van der Waals surface area contributed by atoms with Crippen LogP contribution >= 0.6 is 0 Å². The smallest absolute Gasteiger partial charge is 0.254 e. The Morgan fingerprint density at radius 3 is 2.65 bits per heavy atom. The van der Waals surface area contributed by atoms with Crippen molar-refractivity contribution in [3.8, 4) is 0 Å². The fourth-order valence-corrected chi connectivity index (χ4v) is 3.02. The van der Waals surface area contributed by atoms with E-state index in [1.54, 1.807) is 12.3 Å². The molecule has 0 spiro atoms. The molecule has 4 rings (SSSR count). The fourth-order valence-electron chi connectivity index (χ4n) is 3.02. The number of carbonyl (C=O) groups is 1. The quantitative estimate of drug-likeness (QED) is 0.446. The van der Waals surface area contributed by atoms with Gasteiger partial charge in [-0.1, -0.05) is 0 Å². The Kier molecular flexibility index (Phi) is 6.16. The van der Waals surface area contributed by atoms with E-state index < -0.39 is 0 Å². The largest absolute Gasteiger partial charge is 0.368 e. The third-order valence-electron chi connectivity index (χ3n) is 4.80. The molecule has 3 N–H and O–H groups in total. The molecule has 0 unspecified atom stereocenters. The van der Waals surface area contributed by atoms with Gasteiger partial charge in [0.25, 0.3) is 5.56 Å². The molecule has 1 aliphatic carbocycles. The van der Waals surface area contributed by atoms with Crippen molar-refractivity contribution in [2.45, 2.75) is 32.2 Å². The Hall–Kier alpha value is -3.82. The summed E-state index contributed by atoms with van der Waals surface area (Å²) in [5.41, 5.74) is 1.72. The van der Waals surface area contributed by atoms with Crippen molar-refractivity contribution in [3.63, 3.8) is 0 Å². The number of carbonyl (C=O) groups excluding carboxylic acids is 1. The van der Waals surface area contributed by atoms with Crippen molar-refractivity contribution in [1.82, 2.24) is 29.8 Å². The van der Waals surface area contributed by atoms with Crippen LogP contribution in [-0.4, -0.2) is 43.5 Å². The van der Waals surface area contributed by atoms with E-state index in [4.69, 9.17) is 0 Å². The highest BCUT2D eigenvalue weighted by Gasteiger charge is 2.25. The minimum absolute atomic E-state index is 0.0537. The Bertz CT molecular complexity index is 1130. The predicted octanol–water partition coefficient (Wildman–Crippen LogP) is 1.59. The van der Waals surface area contributed by atoms with Gasteiger partial charge < -0.3 is 16.0 Å². The molecule has 0 bridgehead atoms. The molecule has 1 aliphatic rings. The second-order valence-electron chi connectivity index (χ2n) is 7.46. The Balaban J connectivity index is 1.22. The number of anilines is 3. The molecule has 0 aromatic carbocycles. The van der Waals surface area contributed by atoms with Gasteiger partial charge in [0, 0.05) is 37.3 Å². The van der Waals surface area contributed by atoms with E-state index in [0.717, 1.165) is 24.1 Å². The zero-order chi connectivity index (χ0) is 21.6. The summed E-state index contributed by atoms with van der Waals surface area (Å²) in [4.78, 5) is 41.1. The summed E-state index contributed by atoms with van der Waals surface area (Å²) in [5.74, 6) is 2.09. The number of pyridine rings is 1. The molecule has 3 heterocycles. The summed E-state index contributed by atoms with van der Waals surface area (Å²) in [7, 11) is 0. The Labute approximate surface area is 179 Å². The SMILES string of the molecule is Cc1ccnc(Nc2cc(NCCNC(=O)Cn3cnc(C4CC4)cc3=O)ncn2)c1. The molecule has 3 aromatic rings. The highest BCUT2D eigenvalue weighted by atomic mass is 16.2. The number of hydrogen-bond acceptors (Lipinski definition) is 8. The standard InChI is InChI=1S/C21H24N8O2/c1-14-4-5-22-18(8-14)28-19-10-17(25-12-26-19)23-6-7-24-20(30)11-29-13-27-16(9-21(29)31)15-2-3-15/h4-5,8-10,12-13,15H,2-3,6-7,11H2,1H3,(H,24,30)(H2,22,23,25,26,28). The molecule has 0 radical (unpaired) electrons. The molecule has 0 saturated heterocycles. The Morgan fingerprint density at radius 2 is 1.87 bits per heavy atom. The summed E-state index contributed by atoms with van der Waals surface area (Å²) in [6, 6.07) is 7.13. The maximum Gasteiger partial charge on any atom is 0.254 e. The Morgan fingerprint density at radius 1 is 1.06 bits per heavy atom. The number of nitrogens with zero attached hydrogens (tertiary/aromatic N) is 5. The lowest BCUT2D eigenvalue weighted by atomic mass is 10.3. The van der Waals surface area contributed by atoms with Gasteiger partial charge in [-0.25, -0.2) is 19.9 Å². The summed E-state index contributed by atoms with van der Waals surface area (Å²) in [6.07, 6.45) is 6.79. The fraction of sp³-hybridized carbons (Fsp3) is 0.333. The first-order valence-corrected chi connectivity index (χ1v) is 10.2. The predicted molar refractivity (Wildman–Crippen MR) is 116 cm³/mol. The van der Waals surface area contributed by atoms with Crippen LogP contribution < -0.4 is 21.5 Å². The van der Waals surface area contributed by atoms with Gasteiger partial charge >= 0.3 is 0 Å². The van der Waals surface area contributed by atoms with Crippen molar-refractivity contribution in [3.05, 3.63) is 64.7 Å². The van der Waals surface area contributed by atoms with E-state index in [1.807, 2.05) is 19.1 Å². The molecule has 1 amide bonds. The van der Waals surface area contributed by atoms with Gasteiger partial charge in [0.1, 0.15) is 30.3 Å². The summed E-state index contributed by atoms with van der Waals surface area (Å²) in [5, 5.41) is 9.04. The van der Waals surface area contributed by atoms with Gasteiger partial charge in [-0.15, -0.1) is 0 Å². The van der Waals surface area contributed by atoms with E-state index in [1.165, 1.54) is 23.3 Å². The van der Waals surface area contributed by atoms with Crippen molar-refractivity contribution in [1.29, 1.82) is 0 Å². The van der Waals surface area contributed by atoms with Gasteiger partial charge in [-0.05, 0) is 37.5 Å². The average Bonchev–Trinajstić information content (AvgIpc) is 3.58. The van der Waals surface area contributed by atoms with E-state index >= 15 is 0 Å². The molecule has 0 atom stereocenters. The van der Waals surface area contributed by atoms with Crippen LogP contribution in [-0.2, 0) is 11.3 Å². The van der Waals surface area contributed by atoms with Crippen LogP contribution in [0.15, 0.2) is 47.9 Å². The normalized spacial score (nSPS) is 12.9. The van der Waals surface area contributed by atoms with Crippen LogP contribution in [0.3, 0.4) is 0 Å². The minimum Gasteiger partial charge on any atom is -0.368 e. The summed E-state index contributed by atoms with van der Waals surface area (Å²) in [6.45, 7) is 2.79. The molecule has 3 aromatic heterocycles. The van der Waals surface area contributed by atoms with Crippen LogP contribution in [0.4, 0.5) is 17.5 Å². The number of rotatable bonds is 9. The lowest BCUT2D eigenvalue weighted by Gasteiger charge is -2.10. The van der Waals surface area contributed by atoms with Crippen LogP contribution in [0.2, 0.25) is 0 Å². The van der Waals surface area contributed by atoms with Gasteiger partial charge in [0.2, 0.25) is 5.91 Å². The summed E-state index contributed by atoms with van der Waals surface area (Å²) < 4.78 is 1.32. The highest BCUT2D eigenvalue weighted by Crippen LogP contribution is 2.38. The molecular formula is C21H24N8O2. The first-order valence-electron chi connectivity index (χ1n) is 10.2. The molecule has 1 saturated carbocycles. The number of hydrogen-bond donors (Lipinski definition) is 3. The number of aryl methyl sites for hydroxylation is 1. The maximum absolute atomic E-state index is 12.1. The minimum atomic E-state index is -0.250. The topological polar surface area (TPSA) is 127 Å². The van der Waals surface area contributed by atoms with Crippen LogP contribution in [0, 0.1) is 6.92 Å². The molecule has 10 nitrogen and oxygen atoms in total. The second-order valence-corrected chi connectivity index (χ2v) is 7.46. The van der Waals surface area contributed by atoms with E-state index in [2.05, 4.69) is 35.9 Å². The number of aromatic nitrogens is 5. The molecule has 0 aliphatic heterocycles. The number of nitrogens with one attached hydrogen (secondary N) is 3.